The van der Waals surface area contributed by atoms with Crippen molar-refractivity contribution in [2.75, 3.05) is 73.2 Å². The minimum atomic E-state index is -1.21. The Hall–Kier alpha value is -5.60. The predicted octanol–water partition coefficient (Wildman–Crippen LogP) is 6.02. The summed E-state index contributed by atoms with van der Waals surface area (Å²) in [6, 6.07) is 12.3. The molecule has 6 heterocycles. The number of anilines is 4. The summed E-state index contributed by atoms with van der Waals surface area (Å²) in [5, 5.41) is 28.3. The van der Waals surface area contributed by atoms with Gasteiger partial charge in [0.15, 0.2) is 11.7 Å². The lowest BCUT2D eigenvalue weighted by atomic mass is 9.79. The van der Waals surface area contributed by atoms with Crippen LogP contribution < -0.4 is 40.6 Å². The van der Waals surface area contributed by atoms with E-state index in [0.29, 0.717) is 43.8 Å². The van der Waals surface area contributed by atoms with Crippen molar-refractivity contribution < 1.29 is 43.2 Å². The minimum absolute atomic E-state index is 0.0750. The number of amides is 3. The van der Waals surface area contributed by atoms with Crippen LogP contribution in [-0.4, -0.2) is 140 Å². The Morgan fingerprint density at radius 2 is 1.40 bits per heavy atom. The molecule has 3 amide bonds. The lowest BCUT2D eigenvalue weighted by molar-refractivity contribution is -0.138. The fraction of sp³-hybridized carbons (Fsp3) is 0.617. The van der Waals surface area contributed by atoms with Crippen molar-refractivity contribution >= 4 is 66.4 Å². The first kappa shape index (κ1) is 50.8. The Morgan fingerprint density at radius 1 is 0.881 bits per heavy atom. The van der Waals surface area contributed by atoms with E-state index in [1.165, 1.54) is 5.01 Å². The summed E-state index contributed by atoms with van der Waals surface area (Å²) in [7, 11) is -1.21. The van der Waals surface area contributed by atoms with Gasteiger partial charge in [-0.2, -0.15) is 10.2 Å². The number of aliphatic carboxylic acids is 1. The van der Waals surface area contributed by atoms with Crippen molar-refractivity contribution in [3.05, 3.63) is 36.4 Å². The lowest BCUT2D eigenvalue weighted by Crippen LogP contribution is -2.70. The molecule has 2 aromatic rings. The molecule has 5 N–H and O–H groups in total. The third kappa shape index (κ3) is 11.8. The first-order chi connectivity index (χ1) is 31.3. The standard InChI is InChI=1S/C28H45N5O5Si.C17H23N5O2.C2H4O2/c1-19(2)28(16-31(17-28)26(35)38-27(4,5)6)29-21-10-11-23-22(14-21)33-20(3)25(34)32(30-24(33)15-37-23)18-36-12-13-39(7,8)9;1-10(2)17(8-18-9-17)19-12-4-5-14-13(6-12)22-11(3)16(23)21-20-15(22)7-24-14;1-2(3)4/h10-11,14,19-20,29H,12-13,15-18H2,1-9H3;4-6,10-11,18-19H,7-9H2,1-3H3,(H,21,23);1H3,(H,3,4). The molecular weight excluding hydrogens is 877 g/mol. The minimum Gasteiger partial charge on any atom is -0.483 e. The smallest absolute Gasteiger partial charge is 0.410 e. The molecule has 0 radical (unpaired) electrons. The maximum absolute atomic E-state index is 13.2. The summed E-state index contributed by atoms with van der Waals surface area (Å²) in [4.78, 5) is 52.5. The number of carbonyl (C=O) groups excluding carboxylic acids is 3. The number of nitrogens with one attached hydrogen (secondary N) is 4. The van der Waals surface area contributed by atoms with Crippen LogP contribution in [0.3, 0.4) is 0 Å². The van der Waals surface area contributed by atoms with Crippen LogP contribution in [0.2, 0.25) is 25.7 Å². The largest absolute Gasteiger partial charge is 0.483 e. The molecular formula is C47H72N10O9Si. The number of carboxylic acids is 1. The van der Waals surface area contributed by atoms with E-state index in [2.05, 4.69) is 85.0 Å². The number of amidine groups is 2. The second kappa shape index (κ2) is 19.9. The topological polar surface area (TPSA) is 211 Å². The average molecular weight is 949 g/mol. The summed E-state index contributed by atoms with van der Waals surface area (Å²) in [6.45, 7) is 30.6. The number of likely N-dealkylation sites (tertiary alicyclic amines) is 1. The number of carbonyl (C=O) groups is 4. The van der Waals surface area contributed by atoms with Crippen molar-refractivity contribution in [2.45, 2.75) is 124 Å². The zero-order valence-electron chi connectivity index (χ0n) is 41.5. The van der Waals surface area contributed by atoms with Crippen molar-refractivity contribution in [3.8, 4) is 11.5 Å². The Morgan fingerprint density at radius 3 is 1.90 bits per heavy atom. The molecule has 0 aromatic heterocycles. The molecule has 0 saturated carbocycles. The number of fused-ring (bicyclic) bond motifs is 6. The van der Waals surface area contributed by atoms with Crippen LogP contribution >= 0.6 is 0 Å². The lowest BCUT2D eigenvalue weighted by Gasteiger charge is -2.53. The van der Waals surface area contributed by atoms with Crippen LogP contribution in [0.1, 0.15) is 69.2 Å². The maximum Gasteiger partial charge on any atom is 0.410 e. The van der Waals surface area contributed by atoms with Crippen molar-refractivity contribution in [1.29, 1.82) is 0 Å². The van der Waals surface area contributed by atoms with E-state index in [1.807, 2.05) is 74.8 Å². The number of nitrogens with zero attached hydrogens (tertiary/aromatic N) is 6. The monoisotopic (exact) mass is 949 g/mol. The van der Waals surface area contributed by atoms with Gasteiger partial charge in [-0.05, 0) is 88.9 Å². The number of hydrogen-bond donors (Lipinski definition) is 5. The van der Waals surface area contributed by atoms with E-state index >= 15 is 0 Å². The molecule has 2 unspecified atom stereocenters. The van der Waals surface area contributed by atoms with Crippen molar-refractivity contribution in [1.82, 2.24) is 20.7 Å². The molecule has 6 aliphatic heterocycles. The summed E-state index contributed by atoms with van der Waals surface area (Å²) in [5.74, 6) is 2.64. The number of carboxylic acid groups (broad SMARTS) is 1. The molecule has 368 valence electrons. The van der Waals surface area contributed by atoms with E-state index in [4.69, 9.17) is 28.8 Å². The Balaban J connectivity index is 0.000000224. The molecule has 2 aromatic carbocycles. The number of hydrogen-bond acceptors (Lipinski definition) is 15. The summed E-state index contributed by atoms with van der Waals surface area (Å²) in [5.41, 5.74) is 5.42. The van der Waals surface area contributed by atoms with Gasteiger partial charge >= 0.3 is 6.09 Å². The highest BCUT2D eigenvalue weighted by Crippen LogP contribution is 2.41. The van der Waals surface area contributed by atoms with E-state index < -0.39 is 25.7 Å². The maximum atomic E-state index is 13.2. The quantitative estimate of drug-likeness (QED) is 0.129. The number of rotatable bonds is 11. The van der Waals surface area contributed by atoms with Gasteiger partial charge in [0.05, 0.1) is 22.5 Å². The zero-order chi connectivity index (χ0) is 49.2. The summed E-state index contributed by atoms with van der Waals surface area (Å²) >= 11 is 0. The third-order valence-electron chi connectivity index (χ3n) is 12.7. The second-order valence-corrected chi connectivity index (χ2v) is 26.6. The Bertz CT molecular complexity index is 2230. The third-order valence-corrected chi connectivity index (χ3v) is 14.4. The van der Waals surface area contributed by atoms with Crippen molar-refractivity contribution in [3.63, 3.8) is 0 Å². The van der Waals surface area contributed by atoms with Crippen LogP contribution in [0.5, 0.6) is 11.5 Å². The molecule has 2 atom stereocenters. The first-order valence-corrected chi connectivity index (χ1v) is 26.9. The van der Waals surface area contributed by atoms with E-state index in [9.17, 15) is 14.4 Å². The highest BCUT2D eigenvalue weighted by atomic mass is 28.3. The molecule has 67 heavy (non-hydrogen) atoms. The van der Waals surface area contributed by atoms with Crippen LogP contribution in [0.4, 0.5) is 27.5 Å². The van der Waals surface area contributed by atoms with Crippen LogP contribution in [0, 0.1) is 11.8 Å². The Labute approximate surface area is 395 Å². The molecule has 8 rings (SSSR count). The van der Waals surface area contributed by atoms with Gasteiger partial charge < -0.3 is 54.7 Å². The van der Waals surface area contributed by atoms with Crippen LogP contribution in [0.15, 0.2) is 46.6 Å². The molecule has 2 saturated heterocycles. The summed E-state index contributed by atoms with van der Waals surface area (Å²) in [6.07, 6.45) is -0.296. The Kier molecular flexibility index (Phi) is 15.1. The van der Waals surface area contributed by atoms with Gasteiger partial charge in [0.2, 0.25) is 0 Å². The van der Waals surface area contributed by atoms with Crippen LogP contribution in [-0.2, 0) is 23.9 Å². The highest BCUT2D eigenvalue weighted by Gasteiger charge is 2.49. The molecule has 6 aliphatic rings. The highest BCUT2D eigenvalue weighted by molar-refractivity contribution is 6.76. The van der Waals surface area contributed by atoms with Gasteiger partial charge in [-0.25, -0.2) is 15.2 Å². The van der Waals surface area contributed by atoms with Gasteiger partial charge in [0.1, 0.15) is 49.1 Å². The fourth-order valence-corrected chi connectivity index (χ4v) is 9.05. The normalized spacial score (nSPS) is 21.0. The second-order valence-electron chi connectivity index (χ2n) is 21.0. The van der Waals surface area contributed by atoms with E-state index in [-0.39, 0.29) is 54.3 Å². The molecule has 19 nitrogen and oxygen atoms in total. The SMILES string of the molecule is CC(=O)O.CC1C(=O)N(COCC[Si](C)(C)C)N=C2COc3ccc(NC4(C(C)C)CN(C(=O)OC(C)(C)C)C4)cc3N21.CC1C(=O)NN=C2COc3ccc(NC4(C(C)C)CNC4)cc3N21. The van der Waals surface area contributed by atoms with Gasteiger partial charge in [-0.3, -0.25) is 14.4 Å². The van der Waals surface area contributed by atoms with Gasteiger partial charge in [-0.15, -0.1) is 0 Å². The number of hydrazone groups is 2. The first-order valence-electron chi connectivity index (χ1n) is 23.2. The van der Waals surface area contributed by atoms with Crippen molar-refractivity contribution in [2.24, 2.45) is 22.0 Å². The zero-order valence-corrected chi connectivity index (χ0v) is 42.5. The summed E-state index contributed by atoms with van der Waals surface area (Å²) < 4.78 is 23.2. The number of benzene rings is 2. The van der Waals surface area contributed by atoms with E-state index in [1.54, 1.807) is 4.90 Å². The van der Waals surface area contributed by atoms with Gasteiger partial charge in [0.25, 0.3) is 17.8 Å². The molecule has 2 fully saturated rings. The molecule has 0 spiro atoms. The molecule has 20 heteroatoms. The van der Waals surface area contributed by atoms with Gasteiger partial charge in [0, 0.05) is 59.2 Å². The van der Waals surface area contributed by atoms with E-state index in [0.717, 1.165) is 60.4 Å². The number of ether oxygens (including phenoxy) is 4. The fourth-order valence-electron chi connectivity index (χ4n) is 8.30. The molecule has 0 bridgehead atoms. The predicted molar refractivity (Wildman–Crippen MR) is 263 cm³/mol. The van der Waals surface area contributed by atoms with Crippen LogP contribution in [0.25, 0.3) is 0 Å². The van der Waals surface area contributed by atoms with Gasteiger partial charge in [-0.1, -0.05) is 47.3 Å². The average Bonchev–Trinajstić information content (AvgIpc) is 3.20. The molecule has 0 aliphatic carbocycles.